The number of hydrogen-bond acceptors (Lipinski definition) is 5. The van der Waals surface area contributed by atoms with Gasteiger partial charge in [0.1, 0.15) is 0 Å². The van der Waals surface area contributed by atoms with Gasteiger partial charge in [-0.25, -0.2) is 9.97 Å². The normalized spacial score (nSPS) is 11.9. The lowest BCUT2D eigenvalue weighted by molar-refractivity contribution is 1.19. The summed E-state index contributed by atoms with van der Waals surface area (Å²) < 4.78 is 7.72. The molecule has 12 rings (SSSR count). The van der Waals surface area contributed by atoms with Crippen molar-refractivity contribution < 1.29 is 0 Å². The molecule has 8 aromatic carbocycles. The van der Waals surface area contributed by atoms with E-state index in [0.29, 0.717) is 5.82 Å². The summed E-state index contributed by atoms with van der Waals surface area (Å²) in [7, 11) is 0. The number of benzene rings is 8. The van der Waals surface area contributed by atoms with Gasteiger partial charge in [-0.2, -0.15) is 0 Å². The summed E-state index contributed by atoms with van der Waals surface area (Å²) in [4.78, 5) is 10.7. The van der Waals surface area contributed by atoms with Gasteiger partial charge in [0.05, 0.1) is 11.4 Å². The first kappa shape index (κ1) is 32.7. The highest BCUT2D eigenvalue weighted by atomic mass is 32.1. The van der Waals surface area contributed by atoms with E-state index < -0.39 is 0 Å². The second-order valence-electron chi connectivity index (χ2n) is 14.5. The minimum Gasteiger partial charge on any atom is -0.228 e. The molecule has 0 bridgehead atoms. The van der Waals surface area contributed by atoms with Crippen molar-refractivity contribution in [3.63, 3.8) is 0 Å². The highest BCUT2D eigenvalue weighted by molar-refractivity contribution is 7.27. The van der Waals surface area contributed by atoms with Gasteiger partial charge in [-0.3, -0.25) is 0 Å². The second-order valence-corrected chi connectivity index (χ2v) is 17.6. The van der Waals surface area contributed by atoms with Crippen LogP contribution in [0.3, 0.4) is 0 Å². The minimum absolute atomic E-state index is 0.714. The van der Waals surface area contributed by atoms with E-state index in [-0.39, 0.29) is 0 Å². The molecule has 0 saturated carbocycles. The third-order valence-corrected chi connectivity index (χ3v) is 14.8. The van der Waals surface area contributed by atoms with Crippen LogP contribution in [0.4, 0.5) is 0 Å². The molecule has 266 valence electrons. The summed E-state index contributed by atoms with van der Waals surface area (Å²) in [6, 6.07) is 66.0. The Morgan fingerprint density at radius 3 is 1.21 bits per heavy atom. The van der Waals surface area contributed by atoms with Crippen LogP contribution in [0.5, 0.6) is 0 Å². The predicted octanol–water partition coefficient (Wildman–Crippen LogP) is 15.9. The maximum absolute atomic E-state index is 5.38. The molecule has 0 fully saturated rings. The van der Waals surface area contributed by atoms with E-state index >= 15 is 0 Å². The molecule has 0 saturated heterocycles. The highest BCUT2D eigenvalue weighted by Gasteiger charge is 2.19. The number of nitrogens with zero attached hydrogens (tertiary/aromatic N) is 2. The van der Waals surface area contributed by atoms with Gasteiger partial charge in [0.2, 0.25) is 0 Å². The molecule has 0 N–H and O–H groups in total. The number of hydrogen-bond donors (Lipinski definition) is 0. The van der Waals surface area contributed by atoms with Crippen LogP contribution in [-0.2, 0) is 0 Å². The summed E-state index contributed by atoms with van der Waals surface area (Å²) in [5.74, 6) is 0.714. The molecule has 5 heteroatoms. The lowest BCUT2D eigenvalue weighted by Gasteiger charge is -2.14. The van der Waals surface area contributed by atoms with E-state index in [1.54, 1.807) is 0 Å². The summed E-state index contributed by atoms with van der Waals surface area (Å²) in [5, 5.41) is 7.72. The number of rotatable bonds is 5. The smallest absolute Gasteiger partial charge is 0.160 e. The molecule has 0 radical (unpaired) electrons. The van der Waals surface area contributed by atoms with E-state index in [9.17, 15) is 0 Å². The van der Waals surface area contributed by atoms with Crippen molar-refractivity contribution in [2.75, 3.05) is 0 Å². The zero-order valence-electron chi connectivity index (χ0n) is 30.4. The van der Waals surface area contributed by atoms with Gasteiger partial charge in [0.25, 0.3) is 0 Å². The predicted molar refractivity (Wildman–Crippen MR) is 248 cm³/mol. The Bertz CT molecular complexity index is 3400. The maximum Gasteiger partial charge on any atom is 0.160 e. The summed E-state index contributed by atoms with van der Waals surface area (Å²) in [6.45, 7) is 0. The topological polar surface area (TPSA) is 25.8 Å². The molecule has 4 heterocycles. The lowest BCUT2D eigenvalue weighted by atomic mass is 9.93. The van der Waals surface area contributed by atoms with Crippen LogP contribution >= 0.6 is 34.0 Å². The average molecular weight is 779 g/mol. The van der Waals surface area contributed by atoms with E-state index in [0.717, 1.165) is 28.1 Å². The number of thiophene rings is 3. The Morgan fingerprint density at radius 1 is 0.281 bits per heavy atom. The zero-order valence-corrected chi connectivity index (χ0v) is 32.9. The van der Waals surface area contributed by atoms with Crippen LogP contribution in [0.25, 0.3) is 117 Å². The fraction of sp³-hybridized carbons (Fsp3) is 0. The van der Waals surface area contributed by atoms with Crippen molar-refractivity contribution in [1.82, 2.24) is 9.97 Å². The van der Waals surface area contributed by atoms with Gasteiger partial charge in [-0.05, 0) is 64.7 Å². The van der Waals surface area contributed by atoms with Crippen molar-refractivity contribution in [2.45, 2.75) is 0 Å². The molecular formula is C52H30N2S3. The molecule has 0 amide bonds. The fourth-order valence-corrected chi connectivity index (χ4v) is 12.1. The van der Waals surface area contributed by atoms with Crippen LogP contribution in [0.15, 0.2) is 182 Å². The highest BCUT2D eigenvalue weighted by Crippen LogP contribution is 2.46. The zero-order chi connectivity index (χ0) is 37.5. The number of fused-ring (bicyclic) bond motifs is 9. The van der Waals surface area contributed by atoms with Crippen LogP contribution in [0.1, 0.15) is 0 Å². The van der Waals surface area contributed by atoms with E-state index in [2.05, 4.69) is 176 Å². The fourth-order valence-electron chi connectivity index (χ4n) is 8.43. The first-order valence-electron chi connectivity index (χ1n) is 19.1. The molecule has 57 heavy (non-hydrogen) atoms. The Morgan fingerprint density at radius 2 is 0.684 bits per heavy atom. The molecule has 0 aliphatic carbocycles. The monoisotopic (exact) mass is 778 g/mol. The van der Waals surface area contributed by atoms with Crippen molar-refractivity contribution >= 4 is 94.5 Å². The van der Waals surface area contributed by atoms with E-state index in [1.807, 2.05) is 40.1 Å². The first-order valence-corrected chi connectivity index (χ1v) is 21.5. The Hall–Kier alpha value is -6.50. The Kier molecular flexibility index (Phi) is 7.48. The van der Waals surface area contributed by atoms with Crippen molar-refractivity contribution in [3.05, 3.63) is 182 Å². The first-order chi connectivity index (χ1) is 28.2. The third-order valence-electron chi connectivity index (χ3n) is 11.1. The molecule has 0 unspecified atom stereocenters. The van der Waals surface area contributed by atoms with Gasteiger partial charge in [-0.15, -0.1) is 34.0 Å². The molecule has 0 aliphatic rings. The van der Waals surface area contributed by atoms with Crippen molar-refractivity contribution in [1.29, 1.82) is 0 Å². The van der Waals surface area contributed by atoms with Crippen LogP contribution in [-0.4, -0.2) is 9.97 Å². The largest absolute Gasteiger partial charge is 0.228 e. The van der Waals surface area contributed by atoms with Crippen LogP contribution in [0, 0.1) is 0 Å². The molecule has 12 aromatic rings. The molecule has 0 spiro atoms. The van der Waals surface area contributed by atoms with Crippen LogP contribution < -0.4 is 0 Å². The van der Waals surface area contributed by atoms with Crippen LogP contribution in [0.2, 0.25) is 0 Å². The SMILES string of the molecule is c1ccc(-c2nc(-c3cc(-c4cccc5c4sc4ccccc45)cc(-c4cccc5c4sc4ccccc45)c3)cc(-c3cccc4c3sc3ccccc34)n2)cc1. The summed E-state index contributed by atoms with van der Waals surface area (Å²) in [6.07, 6.45) is 0. The van der Waals surface area contributed by atoms with Gasteiger partial charge in [0.15, 0.2) is 5.82 Å². The molecular weight excluding hydrogens is 749 g/mol. The van der Waals surface area contributed by atoms with E-state index in [1.165, 1.54) is 82.8 Å². The molecule has 2 nitrogen and oxygen atoms in total. The maximum atomic E-state index is 5.38. The Balaban J connectivity index is 1.14. The molecule has 0 atom stereocenters. The quantitative estimate of drug-likeness (QED) is 0.174. The molecule has 0 aliphatic heterocycles. The Labute approximate surface area is 340 Å². The minimum atomic E-state index is 0.714. The van der Waals surface area contributed by atoms with Crippen molar-refractivity contribution in [2.24, 2.45) is 0 Å². The standard InChI is InChI=1S/C52H30N2S3/c1-2-13-31(14-3-1)52-53-44(30-45(54-52)43-23-12-22-42-39-17-6-9-26-48(39)57-51(42)43)34-28-32(35-18-10-20-40-37-15-4-7-24-46(37)55-49(35)40)27-33(29-34)36-19-11-21-41-38-16-5-8-25-47(38)56-50(36)41/h1-30H. The lowest BCUT2D eigenvalue weighted by Crippen LogP contribution is -1.96. The van der Waals surface area contributed by atoms with Gasteiger partial charge in [0, 0.05) is 77.2 Å². The van der Waals surface area contributed by atoms with E-state index in [4.69, 9.17) is 9.97 Å². The molecule has 4 aromatic heterocycles. The summed E-state index contributed by atoms with van der Waals surface area (Å²) >= 11 is 5.58. The average Bonchev–Trinajstić information content (AvgIpc) is 3.98. The van der Waals surface area contributed by atoms with Gasteiger partial charge < -0.3 is 0 Å². The third kappa shape index (κ3) is 5.35. The van der Waals surface area contributed by atoms with Crippen molar-refractivity contribution in [3.8, 4) is 56.2 Å². The van der Waals surface area contributed by atoms with Gasteiger partial charge >= 0.3 is 0 Å². The number of aromatic nitrogens is 2. The summed E-state index contributed by atoms with van der Waals surface area (Å²) in [5.41, 5.74) is 9.79. The second kappa shape index (κ2) is 13.0. The van der Waals surface area contributed by atoms with Gasteiger partial charge in [-0.1, -0.05) is 140 Å².